The minimum absolute atomic E-state index is 0.0223. The number of urea groups is 1. The van der Waals surface area contributed by atoms with E-state index in [4.69, 9.17) is 0 Å². The molecule has 4 heteroatoms. The molecule has 4 nitrogen and oxygen atoms in total. The highest BCUT2D eigenvalue weighted by Gasteiger charge is 2.33. The average Bonchev–Trinajstić information content (AvgIpc) is 2.50. The van der Waals surface area contributed by atoms with Crippen LogP contribution in [-0.4, -0.2) is 37.1 Å². The number of hydrogen-bond donors (Lipinski definition) is 1. The Labute approximate surface area is 137 Å². The summed E-state index contributed by atoms with van der Waals surface area (Å²) in [5.41, 5.74) is 4.47. The Balaban J connectivity index is 1.54. The van der Waals surface area contributed by atoms with Gasteiger partial charge < -0.3 is 15.1 Å². The Morgan fingerprint density at radius 2 is 1.78 bits per heavy atom. The first-order valence-corrected chi connectivity index (χ1v) is 7.95. The molecule has 120 valence electrons. The van der Waals surface area contributed by atoms with E-state index in [-0.39, 0.29) is 6.03 Å². The van der Waals surface area contributed by atoms with Crippen molar-refractivity contribution in [1.82, 2.24) is 4.90 Å². The van der Waals surface area contributed by atoms with Gasteiger partial charge in [0.2, 0.25) is 0 Å². The number of carbonyl (C=O) groups excluding carboxylic acids is 1. The second-order valence-electron chi connectivity index (χ2n) is 6.23. The van der Waals surface area contributed by atoms with Crippen molar-refractivity contribution in [2.75, 3.05) is 30.4 Å². The summed E-state index contributed by atoms with van der Waals surface area (Å²) in [7, 11) is 2.08. The van der Waals surface area contributed by atoms with E-state index in [0.717, 1.165) is 18.8 Å². The first kappa shape index (κ1) is 15.4. The van der Waals surface area contributed by atoms with Crippen LogP contribution in [0.2, 0.25) is 0 Å². The Hall–Kier alpha value is -2.49. The standard InChI is InChI=1S/C19H23N3O/c1-14-9-10-16(11-15(14)2)20-19(23)22-12-18(13-22)21(3)17-7-5-4-6-8-17/h4-11,18H,12-13H2,1-3H3,(H,20,23). The zero-order valence-electron chi connectivity index (χ0n) is 13.9. The third-order valence-corrected chi connectivity index (χ3v) is 4.62. The highest BCUT2D eigenvalue weighted by atomic mass is 16.2. The zero-order chi connectivity index (χ0) is 16.4. The molecule has 2 amide bonds. The van der Waals surface area contributed by atoms with Crippen LogP contribution in [-0.2, 0) is 0 Å². The van der Waals surface area contributed by atoms with Gasteiger partial charge in [0.05, 0.1) is 6.04 Å². The molecule has 0 aliphatic carbocycles. The predicted molar refractivity (Wildman–Crippen MR) is 95.1 cm³/mol. The molecule has 2 aromatic rings. The fourth-order valence-electron chi connectivity index (χ4n) is 2.76. The molecule has 0 aromatic heterocycles. The molecule has 0 spiro atoms. The smallest absolute Gasteiger partial charge is 0.321 e. The molecule has 3 rings (SSSR count). The summed E-state index contributed by atoms with van der Waals surface area (Å²) in [4.78, 5) is 16.4. The predicted octanol–water partition coefficient (Wildman–Crippen LogP) is 3.66. The van der Waals surface area contributed by atoms with Gasteiger partial charge in [-0.15, -0.1) is 0 Å². The van der Waals surface area contributed by atoms with Crippen LogP contribution in [0.25, 0.3) is 0 Å². The normalized spacial score (nSPS) is 14.3. The van der Waals surface area contributed by atoms with Crippen LogP contribution in [0, 0.1) is 13.8 Å². The van der Waals surface area contributed by atoms with E-state index in [1.54, 1.807) is 0 Å². The van der Waals surface area contributed by atoms with Crippen LogP contribution >= 0.6 is 0 Å². The monoisotopic (exact) mass is 309 g/mol. The second-order valence-corrected chi connectivity index (χ2v) is 6.23. The van der Waals surface area contributed by atoms with E-state index in [2.05, 4.69) is 43.2 Å². The number of nitrogens with one attached hydrogen (secondary N) is 1. The third kappa shape index (κ3) is 3.31. The first-order valence-electron chi connectivity index (χ1n) is 7.95. The molecule has 0 unspecified atom stereocenters. The minimum Gasteiger partial charge on any atom is -0.368 e. The molecule has 1 fully saturated rings. The SMILES string of the molecule is Cc1ccc(NC(=O)N2CC(N(C)c3ccccc3)C2)cc1C. The molecular weight excluding hydrogens is 286 g/mol. The summed E-state index contributed by atoms with van der Waals surface area (Å²) in [5.74, 6) is 0. The number of aryl methyl sites for hydroxylation is 2. The maximum atomic E-state index is 12.3. The molecule has 0 bridgehead atoms. The van der Waals surface area contributed by atoms with E-state index < -0.39 is 0 Å². The van der Waals surface area contributed by atoms with E-state index in [1.165, 1.54) is 16.8 Å². The molecule has 1 aliphatic heterocycles. The van der Waals surface area contributed by atoms with Gasteiger partial charge in [-0.1, -0.05) is 24.3 Å². The highest BCUT2D eigenvalue weighted by molar-refractivity contribution is 5.90. The summed E-state index contributed by atoms with van der Waals surface area (Å²) in [6.45, 7) is 5.63. The summed E-state index contributed by atoms with van der Waals surface area (Å²) in [6, 6.07) is 16.6. The summed E-state index contributed by atoms with van der Waals surface area (Å²) < 4.78 is 0. The van der Waals surface area contributed by atoms with Crippen molar-refractivity contribution < 1.29 is 4.79 Å². The first-order chi connectivity index (χ1) is 11.0. The minimum atomic E-state index is -0.0223. The number of hydrogen-bond acceptors (Lipinski definition) is 2. The Kier molecular flexibility index (Phi) is 4.24. The molecule has 0 saturated carbocycles. The fourth-order valence-corrected chi connectivity index (χ4v) is 2.76. The van der Waals surface area contributed by atoms with Crippen LogP contribution in [0.5, 0.6) is 0 Å². The van der Waals surface area contributed by atoms with E-state index in [0.29, 0.717) is 6.04 Å². The van der Waals surface area contributed by atoms with E-state index >= 15 is 0 Å². The van der Waals surface area contributed by atoms with Crippen LogP contribution in [0.4, 0.5) is 16.2 Å². The van der Waals surface area contributed by atoms with Gasteiger partial charge in [0, 0.05) is 31.5 Å². The Bertz CT molecular complexity index is 693. The van der Waals surface area contributed by atoms with Crippen molar-refractivity contribution in [1.29, 1.82) is 0 Å². The van der Waals surface area contributed by atoms with E-state index in [9.17, 15) is 4.79 Å². The number of anilines is 2. The van der Waals surface area contributed by atoms with Crippen molar-refractivity contribution in [2.24, 2.45) is 0 Å². The number of carbonyl (C=O) groups is 1. The lowest BCUT2D eigenvalue weighted by Gasteiger charge is -2.44. The summed E-state index contributed by atoms with van der Waals surface area (Å²) >= 11 is 0. The van der Waals surface area contributed by atoms with Gasteiger partial charge >= 0.3 is 6.03 Å². The number of amides is 2. The van der Waals surface area contributed by atoms with Crippen molar-refractivity contribution in [3.05, 3.63) is 59.7 Å². The molecule has 0 atom stereocenters. The topological polar surface area (TPSA) is 35.6 Å². The quantitative estimate of drug-likeness (QED) is 0.939. The number of nitrogens with zero attached hydrogens (tertiary/aromatic N) is 2. The third-order valence-electron chi connectivity index (χ3n) is 4.62. The van der Waals surface area contributed by atoms with Crippen LogP contribution < -0.4 is 10.2 Å². The van der Waals surface area contributed by atoms with Gasteiger partial charge in [-0.2, -0.15) is 0 Å². The van der Waals surface area contributed by atoms with Gasteiger partial charge in [-0.05, 0) is 49.2 Å². The van der Waals surface area contributed by atoms with Gasteiger partial charge in [0.25, 0.3) is 0 Å². The van der Waals surface area contributed by atoms with Crippen LogP contribution in [0.1, 0.15) is 11.1 Å². The number of likely N-dealkylation sites (tertiary alicyclic amines) is 1. The number of rotatable bonds is 3. The highest BCUT2D eigenvalue weighted by Crippen LogP contribution is 2.22. The molecular formula is C19H23N3O. The van der Waals surface area contributed by atoms with Crippen LogP contribution in [0.15, 0.2) is 48.5 Å². The molecule has 1 aliphatic rings. The van der Waals surface area contributed by atoms with Crippen molar-refractivity contribution >= 4 is 17.4 Å². The number of benzene rings is 2. The van der Waals surface area contributed by atoms with E-state index in [1.807, 2.05) is 41.3 Å². The molecule has 2 aromatic carbocycles. The van der Waals surface area contributed by atoms with Crippen molar-refractivity contribution in [2.45, 2.75) is 19.9 Å². The van der Waals surface area contributed by atoms with Gasteiger partial charge in [0.1, 0.15) is 0 Å². The van der Waals surface area contributed by atoms with Gasteiger partial charge in [-0.3, -0.25) is 0 Å². The lowest BCUT2D eigenvalue weighted by atomic mass is 10.1. The fraction of sp³-hybridized carbons (Fsp3) is 0.316. The van der Waals surface area contributed by atoms with Gasteiger partial charge in [0.15, 0.2) is 0 Å². The largest absolute Gasteiger partial charge is 0.368 e. The Morgan fingerprint density at radius 1 is 1.09 bits per heavy atom. The second kappa shape index (κ2) is 6.32. The molecule has 1 N–H and O–H groups in total. The maximum Gasteiger partial charge on any atom is 0.321 e. The lowest BCUT2D eigenvalue weighted by molar-refractivity contribution is 0.163. The van der Waals surface area contributed by atoms with Crippen LogP contribution in [0.3, 0.4) is 0 Å². The average molecular weight is 309 g/mol. The summed E-state index contributed by atoms with van der Waals surface area (Å²) in [5, 5.41) is 2.98. The molecule has 0 radical (unpaired) electrons. The molecule has 23 heavy (non-hydrogen) atoms. The zero-order valence-corrected chi connectivity index (χ0v) is 13.9. The molecule has 1 saturated heterocycles. The van der Waals surface area contributed by atoms with Crippen molar-refractivity contribution in [3.8, 4) is 0 Å². The number of likely N-dealkylation sites (N-methyl/N-ethyl adjacent to an activating group) is 1. The maximum absolute atomic E-state index is 12.3. The Morgan fingerprint density at radius 3 is 2.43 bits per heavy atom. The molecule has 1 heterocycles. The number of para-hydroxylation sites is 1. The van der Waals surface area contributed by atoms with Crippen molar-refractivity contribution in [3.63, 3.8) is 0 Å². The lowest BCUT2D eigenvalue weighted by Crippen LogP contribution is -2.61. The summed E-state index contributed by atoms with van der Waals surface area (Å²) in [6.07, 6.45) is 0. The van der Waals surface area contributed by atoms with Gasteiger partial charge in [-0.25, -0.2) is 4.79 Å².